The molecule has 0 spiro atoms. The minimum absolute atomic E-state index is 0.0434. The summed E-state index contributed by atoms with van der Waals surface area (Å²) in [5.74, 6) is 0.960. The van der Waals surface area contributed by atoms with Gasteiger partial charge in [-0.15, -0.1) is 0 Å². The third-order valence-corrected chi connectivity index (χ3v) is 4.02. The third kappa shape index (κ3) is 4.27. The zero-order valence-electron chi connectivity index (χ0n) is 14.6. The molecule has 1 aromatic rings. The molecule has 1 aromatic carbocycles. The molecule has 0 fully saturated rings. The molecule has 2 nitrogen and oxygen atoms in total. The Balaban J connectivity index is 3.50. The normalized spacial score (nSPS) is 13.4. The average molecular weight is 294 g/mol. The van der Waals surface area contributed by atoms with Crippen molar-refractivity contribution in [2.75, 3.05) is 5.73 Å². The van der Waals surface area contributed by atoms with Crippen molar-refractivity contribution in [3.05, 3.63) is 23.3 Å². The van der Waals surface area contributed by atoms with E-state index in [1.165, 1.54) is 11.1 Å². The maximum absolute atomic E-state index is 6.27. The van der Waals surface area contributed by atoms with Gasteiger partial charge in [0, 0.05) is 11.8 Å². The Morgan fingerprint density at radius 2 is 1.30 bits per heavy atom. The van der Waals surface area contributed by atoms with E-state index in [1.807, 2.05) is 6.07 Å². The van der Waals surface area contributed by atoms with E-state index in [2.05, 4.69) is 67.2 Å². The van der Waals surface area contributed by atoms with Gasteiger partial charge in [0.05, 0.1) is 0 Å². The van der Waals surface area contributed by atoms with E-state index in [9.17, 15) is 0 Å². The summed E-state index contributed by atoms with van der Waals surface area (Å²) in [7, 11) is -1.65. The predicted octanol–water partition coefficient (Wildman–Crippen LogP) is 5.08. The summed E-state index contributed by atoms with van der Waals surface area (Å²) < 4.78 is 6.27. The summed E-state index contributed by atoms with van der Waals surface area (Å²) in [5, 5.41) is 0. The van der Waals surface area contributed by atoms with Crippen LogP contribution in [-0.2, 0) is 10.8 Å². The molecule has 0 bridgehead atoms. The van der Waals surface area contributed by atoms with E-state index < -0.39 is 8.32 Å². The zero-order chi connectivity index (χ0) is 15.9. The molecule has 2 N–H and O–H groups in total. The van der Waals surface area contributed by atoms with Gasteiger partial charge in [-0.3, -0.25) is 0 Å². The van der Waals surface area contributed by atoms with Gasteiger partial charge in [-0.1, -0.05) is 41.5 Å². The van der Waals surface area contributed by atoms with Crippen LogP contribution in [0.1, 0.15) is 52.7 Å². The number of benzene rings is 1. The van der Waals surface area contributed by atoms with Crippen molar-refractivity contribution < 1.29 is 4.43 Å². The highest BCUT2D eigenvalue weighted by Gasteiger charge is 2.27. The lowest BCUT2D eigenvalue weighted by Crippen LogP contribution is -2.31. The van der Waals surface area contributed by atoms with Crippen LogP contribution >= 0.6 is 0 Å². The van der Waals surface area contributed by atoms with Gasteiger partial charge in [-0.2, -0.15) is 0 Å². The van der Waals surface area contributed by atoms with E-state index in [0.29, 0.717) is 0 Å². The average Bonchev–Trinajstić information content (AvgIpc) is 2.09. The molecule has 0 saturated carbocycles. The first-order valence-corrected chi connectivity index (χ1v) is 10.8. The molecule has 114 valence electrons. The topological polar surface area (TPSA) is 35.2 Å². The van der Waals surface area contributed by atoms with Gasteiger partial charge in [0.25, 0.3) is 0 Å². The summed E-state index contributed by atoms with van der Waals surface area (Å²) >= 11 is 0. The van der Waals surface area contributed by atoms with Crippen molar-refractivity contribution in [2.45, 2.75) is 72.0 Å². The summed E-state index contributed by atoms with van der Waals surface area (Å²) in [6.07, 6.45) is 0. The van der Waals surface area contributed by atoms with Crippen molar-refractivity contribution >= 4 is 14.0 Å². The van der Waals surface area contributed by atoms with Crippen molar-refractivity contribution in [1.82, 2.24) is 0 Å². The lowest BCUT2D eigenvalue weighted by atomic mass is 9.79. The van der Waals surface area contributed by atoms with Crippen molar-refractivity contribution in [3.63, 3.8) is 0 Å². The maximum Gasteiger partial charge on any atom is 0.242 e. The monoisotopic (exact) mass is 293 g/mol. The smallest absolute Gasteiger partial charge is 0.242 e. The molecule has 0 atom stereocenters. The number of hydrogen-bond acceptors (Lipinski definition) is 2. The Hall–Kier alpha value is -0.963. The van der Waals surface area contributed by atoms with Crippen LogP contribution < -0.4 is 10.2 Å². The van der Waals surface area contributed by atoms with Crippen LogP contribution in [0.2, 0.25) is 19.6 Å². The Morgan fingerprint density at radius 3 is 1.65 bits per heavy atom. The molecule has 0 aliphatic rings. The number of anilines is 1. The van der Waals surface area contributed by atoms with E-state index in [-0.39, 0.29) is 10.8 Å². The molecule has 0 amide bonds. The van der Waals surface area contributed by atoms with Gasteiger partial charge in [-0.05, 0) is 47.7 Å². The van der Waals surface area contributed by atoms with Gasteiger partial charge in [0.2, 0.25) is 8.32 Å². The molecule has 0 unspecified atom stereocenters. The summed E-state index contributed by atoms with van der Waals surface area (Å²) in [6, 6.07) is 4.27. The largest absolute Gasteiger partial charge is 0.544 e. The van der Waals surface area contributed by atoms with E-state index in [0.717, 1.165) is 11.4 Å². The van der Waals surface area contributed by atoms with Crippen LogP contribution in [0, 0.1) is 0 Å². The number of nitrogens with two attached hydrogens (primary N) is 1. The summed E-state index contributed by atoms with van der Waals surface area (Å²) in [5.41, 5.74) is 9.64. The van der Waals surface area contributed by atoms with Crippen LogP contribution in [-0.4, -0.2) is 8.32 Å². The molecule has 0 aliphatic carbocycles. The molecule has 0 radical (unpaired) electrons. The number of nitrogen functional groups attached to an aromatic ring is 1. The second kappa shape index (κ2) is 5.10. The third-order valence-electron chi connectivity index (χ3n) is 3.18. The second-order valence-electron chi connectivity index (χ2n) is 8.65. The molecule has 0 saturated heterocycles. The summed E-state index contributed by atoms with van der Waals surface area (Å²) in [4.78, 5) is 0. The Labute approximate surface area is 125 Å². The van der Waals surface area contributed by atoms with Gasteiger partial charge in [0.15, 0.2) is 0 Å². The highest BCUT2D eigenvalue weighted by atomic mass is 28.4. The van der Waals surface area contributed by atoms with Gasteiger partial charge >= 0.3 is 0 Å². The van der Waals surface area contributed by atoms with Crippen molar-refractivity contribution in [2.24, 2.45) is 0 Å². The van der Waals surface area contributed by atoms with E-state index in [4.69, 9.17) is 10.2 Å². The van der Waals surface area contributed by atoms with Gasteiger partial charge < -0.3 is 10.2 Å². The van der Waals surface area contributed by atoms with E-state index >= 15 is 0 Å². The fourth-order valence-electron chi connectivity index (χ4n) is 2.25. The Morgan fingerprint density at radius 1 is 0.850 bits per heavy atom. The number of hydrogen-bond donors (Lipinski definition) is 1. The van der Waals surface area contributed by atoms with Gasteiger partial charge in [0.1, 0.15) is 5.75 Å². The minimum atomic E-state index is -1.65. The number of rotatable bonds is 2. The predicted molar refractivity (Wildman–Crippen MR) is 92.2 cm³/mol. The Bertz CT molecular complexity index is 487. The zero-order valence-corrected chi connectivity index (χ0v) is 15.6. The first-order valence-electron chi connectivity index (χ1n) is 7.35. The van der Waals surface area contributed by atoms with Crippen molar-refractivity contribution in [3.8, 4) is 5.75 Å². The fourth-order valence-corrected chi connectivity index (χ4v) is 3.07. The molecule has 20 heavy (non-hydrogen) atoms. The highest BCUT2D eigenvalue weighted by molar-refractivity contribution is 6.70. The first kappa shape index (κ1) is 17.1. The summed E-state index contributed by atoms with van der Waals surface area (Å²) in [6.45, 7) is 19.9. The second-order valence-corrected chi connectivity index (χ2v) is 13.1. The van der Waals surface area contributed by atoms with E-state index in [1.54, 1.807) is 0 Å². The highest BCUT2D eigenvalue weighted by Crippen LogP contribution is 2.39. The van der Waals surface area contributed by atoms with Crippen LogP contribution in [0.4, 0.5) is 5.69 Å². The lowest BCUT2D eigenvalue weighted by Gasteiger charge is -2.31. The van der Waals surface area contributed by atoms with Crippen LogP contribution in [0.5, 0.6) is 5.75 Å². The van der Waals surface area contributed by atoms with Crippen molar-refractivity contribution in [1.29, 1.82) is 0 Å². The lowest BCUT2D eigenvalue weighted by molar-refractivity contribution is 0.504. The molecule has 0 aliphatic heterocycles. The molecular formula is C17H31NOSi. The van der Waals surface area contributed by atoms with Crippen LogP contribution in [0.3, 0.4) is 0 Å². The molecule has 1 rings (SSSR count). The quantitative estimate of drug-likeness (QED) is 0.610. The first-order chi connectivity index (χ1) is 8.72. The maximum atomic E-state index is 6.27. The molecular weight excluding hydrogens is 262 g/mol. The SMILES string of the molecule is CC(C)(C)c1cc(C(C)(C)C)c(O[Si](C)(C)C)cc1N. The van der Waals surface area contributed by atoms with Crippen LogP contribution in [0.15, 0.2) is 12.1 Å². The molecule has 0 heterocycles. The molecule has 3 heteroatoms. The van der Waals surface area contributed by atoms with Crippen LogP contribution in [0.25, 0.3) is 0 Å². The minimum Gasteiger partial charge on any atom is -0.544 e. The molecule has 0 aromatic heterocycles. The Kier molecular flexibility index (Phi) is 4.36. The fraction of sp³-hybridized carbons (Fsp3) is 0.647. The van der Waals surface area contributed by atoms with Gasteiger partial charge in [-0.25, -0.2) is 0 Å². The standard InChI is InChI=1S/C17H31NOSi/c1-16(2,3)12-10-13(17(4,5)6)15(11-14(12)18)19-20(7,8)9/h10-11H,18H2,1-9H3.